The molecular formula is C23H30N2O2. The summed E-state index contributed by atoms with van der Waals surface area (Å²) in [5.74, 6) is 0.538. The highest BCUT2D eigenvalue weighted by Gasteiger charge is 2.40. The first-order valence-corrected chi connectivity index (χ1v) is 10.8. The maximum Gasteiger partial charge on any atom is 0.323 e. The zero-order valence-electron chi connectivity index (χ0n) is 16.3. The number of aryl methyl sites for hydroxylation is 2. The molecule has 0 bridgehead atoms. The van der Waals surface area contributed by atoms with E-state index in [0.29, 0.717) is 12.5 Å². The smallest absolute Gasteiger partial charge is 0.323 e. The maximum absolute atomic E-state index is 12.6. The average Bonchev–Trinajstić information content (AvgIpc) is 3.04. The highest BCUT2D eigenvalue weighted by molar-refractivity contribution is 5.90. The van der Waals surface area contributed by atoms with E-state index in [1.807, 2.05) is 6.92 Å². The SMILES string of the molecule is CCOC(=O)C1Cc2c(n3c4c(cccc24)CCC3)C(C2CCCCC2)N1. The Hall–Kier alpha value is -1.81. The lowest BCUT2D eigenvalue weighted by molar-refractivity contribution is -0.146. The minimum atomic E-state index is -0.215. The molecule has 4 heteroatoms. The Kier molecular flexibility index (Phi) is 4.47. The number of hydrogen-bond donors (Lipinski definition) is 1. The van der Waals surface area contributed by atoms with Gasteiger partial charge in [0.2, 0.25) is 0 Å². The fraction of sp³-hybridized carbons (Fsp3) is 0.609. The molecule has 1 fully saturated rings. The topological polar surface area (TPSA) is 43.3 Å². The first-order chi connectivity index (χ1) is 13.3. The third-order valence-corrected chi connectivity index (χ3v) is 6.92. The predicted molar refractivity (Wildman–Crippen MR) is 107 cm³/mol. The van der Waals surface area contributed by atoms with E-state index in [0.717, 1.165) is 13.0 Å². The Balaban J connectivity index is 1.65. The van der Waals surface area contributed by atoms with Crippen molar-refractivity contribution in [1.82, 2.24) is 9.88 Å². The van der Waals surface area contributed by atoms with Crippen molar-refractivity contribution in [3.8, 4) is 0 Å². The van der Waals surface area contributed by atoms with Gasteiger partial charge in [-0.3, -0.25) is 10.1 Å². The second-order valence-corrected chi connectivity index (χ2v) is 8.48. The van der Waals surface area contributed by atoms with E-state index < -0.39 is 0 Å². The van der Waals surface area contributed by atoms with Gasteiger partial charge < -0.3 is 9.30 Å². The normalized spacial score (nSPS) is 25.4. The molecule has 2 atom stereocenters. The van der Waals surface area contributed by atoms with Gasteiger partial charge in [0, 0.05) is 24.0 Å². The zero-order valence-corrected chi connectivity index (χ0v) is 16.3. The molecule has 2 aromatic rings. The third-order valence-electron chi connectivity index (χ3n) is 6.92. The largest absolute Gasteiger partial charge is 0.465 e. The molecule has 1 aromatic heterocycles. The number of fused-ring (bicyclic) bond motifs is 3. The molecule has 2 unspecified atom stereocenters. The maximum atomic E-state index is 12.6. The van der Waals surface area contributed by atoms with Crippen LogP contribution in [0.3, 0.4) is 0 Å². The van der Waals surface area contributed by atoms with Crippen molar-refractivity contribution in [2.45, 2.75) is 76.9 Å². The van der Waals surface area contributed by atoms with Gasteiger partial charge in [0.1, 0.15) is 6.04 Å². The van der Waals surface area contributed by atoms with Crippen LogP contribution in [-0.4, -0.2) is 23.2 Å². The lowest BCUT2D eigenvalue weighted by Gasteiger charge is -2.38. The van der Waals surface area contributed by atoms with Crippen molar-refractivity contribution in [3.05, 3.63) is 35.0 Å². The number of para-hydroxylation sites is 1. The summed E-state index contributed by atoms with van der Waals surface area (Å²) in [5, 5.41) is 5.12. The molecule has 0 radical (unpaired) electrons. The van der Waals surface area contributed by atoms with Crippen molar-refractivity contribution in [2.24, 2.45) is 5.92 Å². The van der Waals surface area contributed by atoms with Gasteiger partial charge in [-0.2, -0.15) is 0 Å². The average molecular weight is 367 g/mol. The van der Waals surface area contributed by atoms with Crippen molar-refractivity contribution < 1.29 is 9.53 Å². The summed E-state index contributed by atoms with van der Waals surface area (Å²) in [5.41, 5.74) is 5.79. The standard InChI is InChI=1S/C23H30N2O2/c1-2-27-23(26)19-14-18-17-12-6-10-16-11-7-13-25(21(16)17)22(18)20(24-19)15-8-4-3-5-9-15/h6,10,12,15,19-20,24H,2-5,7-9,11,13-14H2,1H3. The number of esters is 1. The van der Waals surface area contributed by atoms with Crippen LogP contribution in [-0.2, 0) is 28.9 Å². The monoisotopic (exact) mass is 366 g/mol. The number of nitrogens with zero attached hydrogens (tertiary/aromatic N) is 1. The molecule has 1 saturated carbocycles. The summed E-state index contributed by atoms with van der Waals surface area (Å²) < 4.78 is 8.00. The molecule has 144 valence electrons. The molecule has 2 aliphatic heterocycles. The molecule has 27 heavy (non-hydrogen) atoms. The zero-order chi connectivity index (χ0) is 18.4. The fourth-order valence-electron chi connectivity index (χ4n) is 5.79. The Labute approximate surface area is 161 Å². The van der Waals surface area contributed by atoms with Crippen molar-refractivity contribution in [2.75, 3.05) is 6.61 Å². The predicted octanol–water partition coefficient (Wildman–Crippen LogP) is 4.29. The first-order valence-electron chi connectivity index (χ1n) is 10.8. The summed E-state index contributed by atoms with van der Waals surface area (Å²) in [6.07, 6.45) is 9.65. The van der Waals surface area contributed by atoms with Crippen LogP contribution < -0.4 is 5.32 Å². The molecular weight excluding hydrogens is 336 g/mol. The van der Waals surface area contributed by atoms with E-state index in [1.54, 1.807) is 0 Å². The summed E-state index contributed by atoms with van der Waals surface area (Å²) in [6.45, 7) is 3.45. The van der Waals surface area contributed by atoms with E-state index in [9.17, 15) is 4.79 Å². The summed E-state index contributed by atoms with van der Waals surface area (Å²) in [7, 11) is 0. The molecule has 5 rings (SSSR count). The number of hydrogen-bond acceptors (Lipinski definition) is 3. The van der Waals surface area contributed by atoms with Gasteiger partial charge in [0.15, 0.2) is 0 Å². The van der Waals surface area contributed by atoms with Crippen LogP contribution >= 0.6 is 0 Å². The van der Waals surface area contributed by atoms with Crippen LogP contribution in [0.2, 0.25) is 0 Å². The lowest BCUT2D eigenvalue weighted by Crippen LogP contribution is -2.48. The van der Waals surface area contributed by atoms with Gasteiger partial charge in [0.05, 0.1) is 18.2 Å². The number of nitrogens with one attached hydrogen (secondary N) is 1. The number of benzene rings is 1. The van der Waals surface area contributed by atoms with E-state index in [1.165, 1.54) is 72.7 Å². The highest BCUT2D eigenvalue weighted by atomic mass is 16.5. The lowest BCUT2D eigenvalue weighted by atomic mass is 9.79. The van der Waals surface area contributed by atoms with Gasteiger partial charge in [-0.05, 0) is 49.7 Å². The van der Waals surface area contributed by atoms with E-state index in [-0.39, 0.29) is 18.1 Å². The van der Waals surface area contributed by atoms with Gasteiger partial charge in [-0.25, -0.2) is 0 Å². The van der Waals surface area contributed by atoms with Crippen molar-refractivity contribution in [3.63, 3.8) is 0 Å². The second kappa shape index (κ2) is 6.97. The minimum absolute atomic E-state index is 0.0871. The van der Waals surface area contributed by atoms with Crippen molar-refractivity contribution >= 4 is 16.9 Å². The van der Waals surface area contributed by atoms with Crippen LogP contribution in [0.4, 0.5) is 0 Å². The van der Waals surface area contributed by atoms with Crippen LogP contribution in [0.1, 0.15) is 68.3 Å². The molecule has 0 spiro atoms. The van der Waals surface area contributed by atoms with Gasteiger partial charge in [-0.15, -0.1) is 0 Å². The molecule has 1 aliphatic carbocycles. The van der Waals surface area contributed by atoms with Gasteiger partial charge >= 0.3 is 5.97 Å². The van der Waals surface area contributed by atoms with Crippen LogP contribution in [0.15, 0.2) is 18.2 Å². The highest BCUT2D eigenvalue weighted by Crippen LogP contribution is 2.44. The number of aromatic nitrogens is 1. The Bertz CT molecular complexity index is 863. The molecule has 3 aliphatic rings. The van der Waals surface area contributed by atoms with Gasteiger partial charge in [0.25, 0.3) is 0 Å². The summed E-state index contributed by atoms with van der Waals surface area (Å²) >= 11 is 0. The minimum Gasteiger partial charge on any atom is -0.465 e. The Morgan fingerprint density at radius 1 is 1.22 bits per heavy atom. The summed E-state index contributed by atoms with van der Waals surface area (Å²) in [4.78, 5) is 12.6. The first kappa shape index (κ1) is 17.3. The van der Waals surface area contributed by atoms with Crippen LogP contribution in [0.5, 0.6) is 0 Å². The van der Waals surface area contributed by atoms with E-state index in [2.05, 4.69) is 28.1 Å². The Morgan fingerprint density at radius 3 is 2.89 bits per heavy atom. The van der Waals surface area contributed by atoms with Crippen LogP contribution in [0, 0.1) is 5.92 Å². The molecule has 3 heterocycles. The number of rotatable bonds is 3. The van der Waals surface area contributed by atoms with E-state index >= 15 is 0 Å². The summed E-state index contributed by atoms with van der Waals surface area (Å²) in [6, 6.07) is 6.82. The van der Waals surface area contributed by atoms with Crippen LogP contribution in [0.25, 0.3) is 10.9 Å². The molecule has 1 N–H and O–H groups in total. The molecule has 4 nitrogen and oxygen atoms in total. The molecule has 1 aromatic carbocycles. The number of carbonyl (C=O) groups excluding carboxylic acids is 1. The Morgan fingerprint density at radius 2 is 2.07 bits per heavy atom. The number of ether oxygens (including phenoxy) is 1. The molecule has 0 saturated heterocycles. The second-order valence-electron chi connectivity index (χ2n) is 8.48. The molecule has 0 amide bonds. The van der Waals surface area contributed by atoms with Gasteiger partial charge in [-0.1, -0.05) is 37.5 Å². The quantitative estimate of drug-likeness (QED) is 0.824. The van der Waals surface area contributed by atoms with E-state index in [4.69, 9.17) is 4.74 Å². The fourth-order valence-corrected chi connectivity index (χ4v) is 5.79. The van der Waals surface area contributed by atoms with Crippen molar-refractivity contribution in [1.29, 1.82) is 0 Å². The third kappa shape index (κ3) is 2.80. The number of carbonyl (C=O) groups is 1.